The number of phenols is 1. The smallest absolute Gasteiger partial charge is 0.319 e. The summed E-state index contributed by atoms with van der Waals surface area (Å²) in [5.41, 5.74) is 1.19. The second-order valence-electron chi connectivity index (χ2n) is 13.2. The fourth-order valence-corrected chi connectivity index (χ4v) is 9.79. The van der Waals surface area contributed by atoms with Crippen LogP contribution in [0.3, 0.4) is 0 Å². The molecule has 5 heterocycles. The zero-order valence-electron chi connectivity index (χ0n) is 25.2. The highest BCUT2D eigenvalue weighted by molar-refractivity contribution is 8.00. The van der Waals surface area contributed by atoms with Crippen LogP contribution in [0.2, 0.25) is 0 Å². The number of hydrogen-bond donors (Lipinski definition) is 1. The maximum atomic E-state index is 16.9. The van der Waals surface area contributed by atoms with E-state index in [0.29, 0.717) is 51.0 Å². The summed E-state index contributed by atoms with van der Waals surface area (Å²) in [4.78, 5) is 14.0. The van der Waals surface area contributed by atoms with E-state index in [0.717, 1.165) is 50.7 Å². The van der Waals surface area contributed by atoms with Gasteiger partial charge in [-0.15, -0.1) is 6.42 Å². The number of nitrogens with zero attached hydrogens (tertiary/aromatic N) is 4. The molecule has 8 rings (SSSR count). The van der Waals surface area contributed by atoms with Gasteiger partial charge in [-0.25, -0.2) is 8.78 Å². The molecule has 3 aromatic carbocycles. The van der Waals surface area contributed by atoms with Gasteiger partial charge >= 0.3 is 6.01 Å². The molecule has 1 aromatic heterocycles. The van der Waals surface area contributed by atoms with Gasteiger partial charge in [-0.1, -0.05) is 24.1 Å². The number of benzene rings is 3. The Morgan fingerprint density at radius 3 is 2.71 bits per heavy atom. The van der Waals surface area contributed by atoms with E-state index in [1.807, 2.05) is 24.3 Å². The third-order valence-electron chi connectivity index (χ3n) is 10.6. The fraction of sp³-hybridized carbons (Fsp3) is 0.444. The van der Waals surface area contributed by atoms with Crippen molar-refractivity contribution < 1.29 is 18.6 Å². The quantitative estimate of drug-likeness (QED) is 0.237. The van der Waals surface area contributed by atoms with E-state index < -0.39 is 12.0 Å². The van der Waals surface area contributed by atoms with Crippen molar-refractivity contribution >= 4 is 39.3 Å². The zero-order valence-corrected chi connectivity index (χ0v) is 26.0. The van der Waals surface area contributed by atoms with Crippen molar-refractivity contribution in [2.75, 3.05) is 43.4 Å². The summed E-state index contributed by atoms with van der Waals surface area (Å²) >= 11 is 2.09. The Bertz CT molecular complexity index is 1850. The minimum atomic E-state index is -0.874. The summed E-state index contributed by atoms with van der Waals surface area (Å²) in [7, 11) is 0. The number of piperidine rings is 1. The summed E-state index contributed by atoms with van der Waals surface area (Å²) in [6, 6.07) is 12.4. The second kappa shape index (κ2) is 11.0. The molecule has 1 N–H and O–H groups in total. The predicted octanol–water partition coefficient (Wildman–Crippen LogP) is 7.10. The molecule has 1 spiro atoms. The molecule has 4 fully saturated rings. The monoisotopic (exact) mass is 626 g/mol. The average Bonchev–Trinajstić information content (AvgIpc) is 3.74. The first kappa shape index (κ1) is 28.8. The lowest BCUT2D eigenvalue weighted by Crippen LogP contribution is -2.43. The van der Waals surface area contributed by atoms with E-state index in [-0.39, 0.29) is 29.4 Å². The van der Waals surface area contributed by atoms with Crippen LogP contribution in [0.4, 0.5) is 14.6 Å². The molecule has 0 radical (unpaired) electrons. The number of aromatic hydroxyl groups is 1. The van der Waals surface area contributed by atoms with Gasteiger partial charge in [0, 0.05) is 52.7 Å². The number of aromatic nitrogens is 2. The van der Waals surface area contributed by atoms with Gasteiger partial charge in [0.25, 0.3) is 0 Å². The van der Waals surface area contributed by atoms with Gasteiger partial charge in [0.2, 0.25) is 0 Å². The molecule has 0 unspecified atom stereocenters. The van der Waals surface area contributed by atoms with Crippen molar-refractivity contribution in [2.45, 2.75) is 61.4 Å². The summed E-state index contributed by atoms with van der Waals surface area (Å²) < 4.78 is 38.0. The highest BCUT2D eigenvalue weighted by Crippen LogP contribution is 2.47. The van der Waals surface area contributed by atoms with E-state index in [9.17, 15) is 9.50 Å². The number of terminal acetylenes is 1. The van der Waals surface area contributed by atoms with Gasteiger partial charge in [0.15, 0.2) is 5.82 Å². The number of hydrogen-bond acceptors (Lipinski definition) is 7. The lowest BCUT2D eigenvalue weighted by Gasteiger charge is -2.39. The van der Waals surface area contributed by atoms with Crippen LogP contribution < -0.4 is 9.64 Å². The molecule has 0 saturated carbocycles. The van der Waals surface area contributed by atoms with Crippen LogP contribution in [-0.2, 0) is 0 Å². The van der Waals surface area contributed by atoms with Gasteiger partial charge in [-0.3, -0.25) is 4.90 Å². The van der Waals surface area contributed by atoms with Crippen LogP contribution in [0.1, 0.15) is 50.5 Å². The maximum Gasteiger partial charge on any atom is 0.319 e. The first-order chi connectivity index (χ1) is 21.9. The Hall–Kier alpha value is -3.61. The molecule has 4 aliphatic heterocycles. The molecule has 0 amide bonds. The largest absolute Gasteiger partial charge is 0.508 e. The minimum Gasteiger partial charge on any atom is -0.508 e. The van der Waals surface area contributed by atoms with Gasteiger partial charge in [-0.2, -0.15) is 21.7 Å². The lowest BCUT2D eigenvalue weighted by atomic mass is 9.91. The molecular formula is C36H36F2N4O2S. The maximum absolute atomic E-state index is 16.9. The molecule has 4 saturated heterocycles. The van der Waals surface area contributed by atoms with Gasteiger partial charge in [0.05, 0.1) is 5.54 Å². The average molecular weight is 627 g/mol. The molecule has 0 bridgehead atoms. The summed E-state index contributed by atoms with van der Waals surface area (Å²) in [5, 5.41) is 12.6. The van der Waals surface area contributed by atoms with Gasteiger partial charge in [-0.05, 0) is 86.0 Å². The summed E-state index contributed by atoms with van der Waals surface area (Å²) in [6.45, 7) is 3.20. The van der Waals surface area contributed by atoms with Gasteiger partial charge < -0.3 is 14.7 Å². The Balaban J connectivity index is 1.24. The topological polar surface area (TPSA) is 61.7 Å². The standard InChI is InChI=1S/C36H36F2N4O2S/c1-2-23-6-3-7-24-18-26(43)19-29(30(23)24)27-8-9-28-32(31(27)38)39-34(44-22-35-10-4-14-42(35)21-25(37)20-35)40-33(28)41-15-12-36(13-16-41)11-5-17-45-36/h1,3,6-9,18-19,25,43H,4-5,10-17,20-22H2/t25-,35+/m1/s1. The third kappa shape index (κ3) is 4.88. The van der Waals surface area contributed by atoms with E-state index >= 15 is 4.39 Å². The van der Waals surface area contributed by atoms with Crippen molar-refractivity contribution in [3.05, 3.63) is 53.8 Å². The van der Waals surface area contributed by atoms with Crippen LogP contribution in [0.5, 0.6) is 11.8 Å². The van der Waals surface area contributed by atoms with Crippen LogP contribution in [-0.4, -0.2) is 75.0 Å². The normalized spacial score (nSPS) is 24.5. The highest BCUT2D eigenvalue weighted by atomic mass is 32.2. The second-order valence-corrected chi connectivity index (χ2v) is 14.7. The summed E-state index contributed by atoms with van der Waals surface area (Å²) in [6.07, 6.45) is 11.9. The molecule has 6 nitrogen and oxygen atoms in total. The van der Waals surface area contributed by atoms with Crippen molar-refractivity contribution in [3.63, 3.8) is 0 Å². The molecule has 9 heteroatoms. The Morgan fingerprint density at radius 1 is 1.04 bits per heavy atom. The van der Waals surface area contributed by atoms with Crippen molar-refractivity contribution in [1.29, 1.82) is 0 Å². The zero-order chi connectivity index (χ0) is 30.8. The van der Waals surface area contributed by atoms with E-state index in [4.69, 9.17) is 16.1 Å². The highest BCUT2D eigenvalue weighted by Gasteiger charge is 2.49. The molecule has 0 aliphatic carbocycles. The van der Waals surface area contributed by atoms with Crippen LogP contribution in [0.15, 0.2) is 42.5 Å². The Kier molecular flexibility index (Phi) is 7.07. The number of halogens is 2. The molecule has 45 heavy (non-hydrogen) atoms. The molecular weight excluding hydrogens is 590 g/mol. The van der Waals surface area contributed by atoms with E-state index in [1.54, 1.807) is 18.2 Å². The number of rotatable bonds is 5. The first-order valence-electron chi connectivity index (χ1n) is 16.0. The molecule has 232 valence electrons. The fourth-order valence-electron chi connectivity index (χ4n) is 8.31. The lowest BCUT2D eigenvalue weighted by molar-refractivity contribution is 0.107. The number of anilines is 1. The van der Waals surface area contributed by atoms with E-state index in [2.05, 4.69) is 32.5 Å². The number of ether oxygens (including phenoxy) is 1. The molecule has 4 aromatic rings. The van der Waals surface area contributed by atoms with Crippen LogP contribution in [0.25, 0.3) is 32.8 Å². The van der Waals surface area contributed by atoms with Crippen molar-refractivity contribution in [3.8, 4) is 35.2 Å². The number of fused-ring (bicyclic) bond motifs is 3. The number of alkyl halides is 1. The number of thioether (sulfide) groups is 1. The summed E-state index contributed by atoms with van der Waals surface area (Å²) in [5.74, 6) is 4.09. The van der Waals surface area contributed by atoms with Crippen LogP contribution >= 0.6 is 11.8 Å². The third-order valence-corrected chi connectivity index (χ3v) is 12.3. The number of phenolic OH excluding ortho intramolecular Hbond substituents is 1. The Labute approximate surface area is 266 Å². The SMILES string of the molecule is C#Cc1cccc2cc(O)cc(-c3ccc4c(N5CCC6(CCCS6)CC5)nc(OC[C@@]56CCCN5C[C@H](F)C6)nc4c3F)c12. The van der Waals surface area contributed by atoms with E-state index in [1.165, 1.54) is 18.6 Å². The minimum absolute atomic E-state index is 0.0219. The predicted molar refractivity (Wildman–Crippen MR) is 176 cm³/mol. The van der Waals surface area contributed by atoms with Crippen molar-refractivity contribution in [1.82, 2.24) is 14.9 Å². The Morgan fingerprint density at radius 2 is 1.91 bits per heavy atom. The van der Waals surface area contributed by atoms with Gasteiger partial charge in [0.1, 0.15) is 29.9 Å². The van der Waals surface area contributed by atoms with Crippen molar-refractivity contribution in [2.24, 2.45) is 0 Å². The molecule has 2 atom stereocenters. The van der Waals surface area contributed by atoms with Crippen LogP contribution in [0, 0.1) is 18.2 Å². The first-order valence-corrected chi connectivity index (χ1v) is 17.0. The molecule has 4 aliphatic rings.